The SMILES string of the molecule is Cc1nc(-c2cc3ccc(OCC(=O)O)cc3oc2=O)cs1. The van der Waals surface area contributed by atoms with Crippen LogP contribution in [0.5, 0.6) is 5.75 Å². The van der Waals surface area contributed by atoms with Crippen molar-refractivity contribution in [3.8, 4) is 17.0 Å². The molecule has 2 heterocycles. The average molecular weight is 317 g/mol. The number of benzene rings is 1. The molecule has 1 aromatic carbocycles. The van der Waals surface area contributed by atoms with E-state index in [4.69, 9.17) is 14.3 Å². The summed E-state index contributed by atoms with van der Waals surface area (Å²) >= 11 is 1.46. The van der Waals surface area contributed by atoms with Crippen LogP contribution in [0.25, 0.3) is 22.2 Å². The third-order valence-corrected chi connectivity index (χ3v) is 3.74. The van der Waals surface area contributed by atoms with E-state index in [0.717, 1.165) is 5.01 Å². The lowest BCUT2D eigenvalue weighted by atomic mass is 10.1. The molecule has 3 rings (SSSR count). The number of aryl methyl sites for hydroxylation is 1. The number of hydrogen-bond donors (Lipinski definition) is 1. The summed E-state index contributed by atoms with van der Waals surface area (Å²) in [4.78, 5) is 26.9. The largest absolute Gasteiger partial charge is 0.482 e. The van der Waals surface area contributed by atoms with Crippen molar-refractivity contribution in [1.82, 2.24) is 4.98 Å². The monoisotopic (exact) mass is 317 g/mol. The van der Waals surface area contributed by atoms with E-state index in [-0.39, 0.29) is 0 Å². The van der Waals surface area contributed by atoms with Crippen molar-refractivity contribution in [2.24, 2.45) is 0 Å². The maximum Gasteiger partial charge on any atom is 0.345 e. The zero-order chi connectivity index (χ0) is 15.7. The molecule has 0 aliphatic carbocycles. The van der Waals surface area contributed by atoms with Crippen LogP contribution in [0.15, 0.2) is 38.9 Å². The number of fused-ring (bicyclic) bond motifs is 1. The molecule has 0 aliphatic rings. The van der Waals surface area contributed by atoms with Gasteiger partial charge < -0.3 is 14.3 Å². The zero-order valence-corrected chi connectivity index (χ0v) is 12.3. The first-order valence-corrected chi connectivity index (χ1v) is 7.26. The number of thiazole rings is 1. The van der Waals surface area contributed by atoms with Crippen molar-refractivity contribution in [2.75, 3.05) is 6.61 Å². The maximum absolute atomic E-state index is 12.1. The van der Waals surface area contributed by atoms with Gasteiger partial charge in [0.25, 0.3) is 0 Å². The summed E-state index contributed by atoms with van der Waals surface area (Å²) in [5, 5.41) is 12.0. The fourth-order valence-corrected chi connectivity index (χ4v) is 2.61. The molecule has 0 atom stereocenters. The van der Waals surface area contributed by atoms with Crippen LogP contribution >= 0.6 is 11.3 Å². The number of rotatable bonds is 4. The molecule has 3 aromatic rings. The van der Waals surface area contributed by atoms with Crippen LogP contribution in [0.3, 0.4) is 0 Å². The Balaban J connectivity index is 2.02. The van der Waals surface area contributed by atoms with E-state index in [9.17, 15) is 9.59 Å². The van der Waals surface area contributed by atoms with Gasteiger partial charge in [0.1, 0.15) is 11.3 Å². The van der Waals surface area contributed by atoms with Gasteiger partial charge >= 0.3 is 11.6 Å². The zero-order valence-electron chi connectivity index (χ0n) is 11.5. The lowest BCUT2D eigenvalue weighted by Gasteiger charge is -2.05. The molecular weight excluding hydrogens is 306 g/mol. The molecule has 0 bridgehead atoms. The minimum atomic E-state index is -1.07. The average Bonchev–Trinajstić information content (AvgIpc) is 2.90. The number of ether oxygens (including phenoxy) is 1. The molecule has 7 heteroatoms. The highest BCUT2D eigenvalue weighted by Crippen LogP contribution is 2.25. The van der Waals surface area contributed by atoms with Crippen LogP contribution in [-0.4, -0.2) is 22.7 Å². The van der Waals surface area contributed by atoms with Gasteiger partial charge in [-0.25, -0.2) is 14.6 Å². The Morgan fingerprint density at radius 3 is 2.91 bits per heavy atom. The topological polar surface area (TPSA) is 89.6 Å². The van der Waals surface area contributed by atoms with E-state index in [0.29, 0.717) is 28.0 Å². The highest BCUT2D eigenvalue weighted by atomic mass is 32.1. The highest BCUT2D eigenvalue weighted by molar-refractivity contribution is 7.09. The molecule has 0 radical (unpaired) electrons. The number of hydrogen-bond acceptors (Lipinski definition) is 6. The molecule has 0 saturated carbocycles. The first-order chi connectivity index (χ1) is 10.5. The summed E-state index contributed by atoms with van der Waals surface area (Å²) < 4.78 is 10.3. The second-order valence-corrected chi connectivity index (χ2v) is 5.64. The molecule has 0 unspecified atom stereocenters. The predicted molar refractivity (Wildman–Crippen MR) is 81.5 cm³/mol. The normalized spacial score (nSPS) is 10.8. The van der Waals surface area contributed by atoms with Crippen molar-refractivity contribution in [1.29, 1.82) is 0 Å². The van der Waals surface area contributed by atoms with Crippen molar-refractivity contribution >= 4 is 28.3 Å². The molecule has 1 N–H and O–H groups in total. The first kappa shape index (κ1) is 14.3. The smallest absolute Gasteiger partial charge is 0.345 e. The predicted octanol–water partition coefficient (Wildman–Crippen LogP) is 2.69. The molecule has 22 heavy (non-hydrogen) atoms. The summed E-state index contributed by atoms with van der Waals surface area (Å²) in [7, 11) is 0. The molecule has 2 aromatic heterocycles. The van der Waals surface area contributed by atoms with Gasteiger partial charge in [-0.1, -0.05) is 0 Å². The van der Waals surface area contributed by atoms with Crippen molar-refractivity contribution < 1.29 is 19.1 Å². The number of aromatic nitrogens is 1. The van der Waals surface area contributed by atoms with Gasteiger partial charge in [-0.3, -0.25) is 0 Å². The standard InChI is InChI=1S/C15H11NO5S/c1-8-16-12(7-22-8)11-4-9-2-3-10(20-6-14(17)18)5-13(9)21-15(11)19/h2-5,7H,6H2,1H3,(H,17,18). The highest BCUT2D eigenvalue weighted by Gasteiger charge is 2.11. The van der Waals surface area contributed by atoms with Gasteiger partial charge in [0, 0.05) is 16.8 Å². The third-order valence-electron chi connectivity index (χ3n) is 2.96. The Labute approximate surface area is 128 Å². The van der Waals surface area contributed by atoms with Gasteiger partial charge in [0.2, 0.25) is 0 Å². The number of carboxylic acids is 1. The van der Waals surface area contributed by atoms with Gasteiger partial charge in [-0.05, 0) is 25.1 Å². The third kappa shape index (κ3) is 2.84. The molecule has 6 nitrogen and oxygen atoms in total. The molecule has 0 saturated heterocycles. The van der Waals surface area contributed by atoms with E-state index in [1.165, 1.54) is 17.4 Å². The Morgan fingerprint density at radius 2 is 2.23 bits per heavy atom. The quantitative estimate of drug-likeness (QED) is 0.744. The Kier molecular flexibility index (Phi) is 3.64. The van der Waals surface area contributed by atoms with E-state index in [1.807, 2.05) is 6.92 Å². The van der Waals surface area contributed by atoms with Crippen molar-refractivity contribution in [2.45, 2.75) is 6.92 Å². The van der Waals surface area contributed by atoms with E-state index in [1.54, 1.807) is 23.6 Å². The molecule has 0 fully saturated rings. The Bertz CT molecular complexity index is 912. The number of aliphatic carboxylic acids is 1. The van der Waals surface area contributed by atoms with Crippen LogP contribution in [0.1, 0.15) is 5.01 Å². The number of carboxylic acid groups (broad SMARTS) is 1. The number of nitrogens with zero attached hydrogens (tertiary/aromatic N) is 1. The summed E-state index contributed by atoms with van der Waals surface area (Å²) in [6.45, 7) is 1.41. The van der Waals surface area contributed by atoms with Crippen LogP contribution in [0.4, 0.5) is 0 Å². The second-order valence-electron chi connectivity index (χ2n) is 4.58. The fourth-order valence-electron chi connectivity index (χ4n) is 1.99. The van der Waals surface area contributed by atoms with Gasteiger partial charge in [0.15, 0.2) is 6.61 Å². The van der Waals surface area contributed by atoms with Crippen molar-refractivity contribution in [3.63, 3.8) is 0 Å². The molecule has 112 valence electrons. The summed E-state index contributed by atoms with van der Waals surface area (Å²) in [5.41, 5.74) is 0.831. The molecule has 0 aliphatic heterocycles. The summed E-state index contributed by atoms with van der Waals surface area (Å²) in [6.07, 6.45) is 0. The fraction of sp³-hybridized carbons (Fsp3) is 0.133. The minimum absolute atomic E-state index is 0.329. The molecular formula is C15H11NO5S. The summed E-state index contributed by atoms with van der Waals surface area (Å²) in [6, 6.07) is 6.53. The van der Waals surface area contributed by atoms with Crippen LogP contribution in [0, 0.1) is 6.92 Å². The van der Waals surface area contributed by atoms with Gasteiger partial charge in [-0.15, -0.1) is 11.3 Å². The lowest BCUT2D eigenvalue weighted by molar-refractivity contribution is -0.139. The van der Waals surface area contributed by atoms with E-state index < -0.39 is 18.2 Å². The Morgan fingerprint density at radius 1 is 1.41 bits per heavy atom. The lowest BCUT2D eigenvalue weighted by Crippen LogP contribution is -2.09. The Hall–Kier alpha value is -2.67. The second kappa shape index (κ2) is 5.61. The molecule has 0 amide bonds. The van der Waals surface area contributed by atoms with Crippen LogP contribution in [0.2, 0.25) is 0 Å². The number of carbonyl (C=O) groups is 1. The van der Waals surface area contributed by atoms with Crippen LogP contribution in [-0.2, 0) is 4.79 Å². The van der Waals surface area contributed by atoms with E-state index in [2.05, 4.69) is 4.98 Å². The molecule has 0 spiro atoms. The summed E-state index contributed by atoms with van der Waals surface area (Å²) in [5.74, 6) is -0.744. The maximum atomic E-state index is 12.1. The first-order valence-electron chi connectivity index (χ1n) is 6.38. The van der Waals surface area contributed by atoms with E-state index >= 15 is 0 Å². The minimum Gasteiger partial charge on any atom is -0.482 e. The van der Waals surface area contributed by atoms with Crippen LogP contribution < -0.4 is 10.4 Å². The van der Waals surface area contributed by atoms with Crippen molar-refractivity contribution in [3.05, 3.63) is 45.1 Å². The van der Waals surface area contributed by atoms with Gasteiger partial charge in [-0.2, -0.15) is 0 Å². The van der Waals surface area contributed by atoms with Gasteiger partial charge in [0.05, 0.1) is 16.3 Å².